The van der Waals surface area contributed by atoms with Gasteiger partial charge in [-0.1, -0.05) is 35.9 Å². The van der Waals surface area contributed by atoms with Gasteiger partial charge in [-0.15, -0.1) is 0 Å². The zero-order chi connectivity index (χ0) is 24.5. The number of rotatable bonds is 6. The molecule has 2 heterocycles. The van der Waals surface area contributed by atoms with Crippen molar-refractivity contribution in [3.05, 3.63) is 83.4 Å². The molecule has 1 unspecified atom stereocenters. The fourth-order valence-corrected chi connectivity index (χ4v) is 3.86. The van der Waals surface area contributed by atoms with Crippen molar-refractivity contribution in [2.24, 2.45) is 0 Å². The van der Waals surface area contributed by atoms with Gasteiger partial charge in [0.25, 0.3) is 0 Å². The first-order valence-electron chi connectivity index (χ1n) is 10.4. The summed E-state index contributed by atoms with van der Waals surface area (Å²) >= 11 is 6.03. The quantitative estimate of drug-likeness (QED) is 0.394. The predicted molar refractivity (Wildman–Crippen MR) is 126 cm³/mol. The zero-order valence-electron chi connectivity index (χ0n) is 18.5. The first kappa shape index (κ1) is 23.7. The molecule has 1 atom stereocenters. The van der Waals surface area contributed by atoms with E-state index in [0.717, 1.165) is 17.7 Å². The highest BCUT2D eigenvalue weighted by molar-refractivity contribution is 6.30. The van der Waals surface area contributed by atoms with Crippen molar-refractivity contribution in [2.45, 2.75) is 12.2 Å². The molecule has 0 amide bonds. The Bertz CT molecular complexity index is 1270. The van der Waals surface area contributed by atoms with Crippen molar-refractivity contribution >= 4 is 17.4 Å². The maximum absolute atomic E-state index is 13.0. The summed E-state index contributed by atoms with van der Waals surface area (Å²) in [5, 5.41) is 5.11. The van der Waals surface area contributed by atoms with Crippen molar-refractivity contribution in [3.63, 3.8) is 0 Å². The number of hydrogen-bond donors (Lipinski definition) is 1. The Morgan fingerprint density at radius 3 is 2.29 bits per heavy atom. The normalized spacial score (nSPS) is 12.8. The number of anilines is 1. The molecule has 10 heteroatoms. The molecule has 0 radical (unpaired) electrons. The molecular weight excluding hydrogens is 465 g/mol. The van der Waals surface area contributed by atoms with Gasteiger partial charge in [-0.05, 0) is 49.5 Å². The highest BCUT2D eigenvalue weighted by Crippen LogP contribution is 2.35. The smallest absolute Gasteiger partial charge is 0.383 e. The number of nitrogen functional groups attached to an aromatic ring is 1. The number of nitrogens with zero attached hydrogens (tertiary/aromatic N) is 5. The molecule has 0 aliphatic carbocycles. The number of hydrogen-bond acceptors (Lipinski definition) is 5. The third-order valence-electron chi connectivity index (χ3n) is 5.36. The topological polar surface area (TPSA) is 72.9 Å². The van der Waals surface area contributed by atoms with E-state index in [9.17, 15) is 13.2 Å². The van der Waals surface area contributed by atoms with Gasteiger partial charge in [0.2, 0.25) is 0 Å². The molecular formula is C24H22ClF3N6. The SMILES string of the molecule is CN(C)CC(c1ccc(C(F)(F)F)cc1)n1cc(-c2ncnc(N)c2-c2ccc(Cl)cc2)cn1. The van der Waals surface area contributed by atoms with Gasteiger partial charge in [0.15, 0.2) is 0 Å². The van der Waals surface area contributed by atoms with Crippen molar-refractivity contribution in [2.75, 3.05) is 26.4 Å². The third kappa shape index (κ3) is 5.05. The zero-order valence-corrected chi connectivity index (χ0v) is 19.2. The van der Waals surface area contributed by atoms with E-state index < -0.39 is 11.7 Å². The van der Waals surface area contributed by atoms with E-state index in [-0.39, 0.29) is 6.04 Å². The number of halogens is 4. The van der Waals surface area contributed by atoms with Gasteiger partial charge in [0.1, 0.15) is 12.1 Å². The lowest BCUT2D eigenvalue weighted by Crippen LogP contribution is -2.26. The van der Waals surface area contributed by atoms with Gasteiger partial charge in [-0.3, -0.25) is 4.68 Å². The molecule has 0 fully saturated rings. The van der Waals surface area contributed by atoms with Crippen LogP contribution in [0.2, 0.25) is 5.02 Å². The van der Waals surface area contributed by atoms with Crippen LogP contribution in [0.3, 0.4) is 0 Å². The molecule has 0 saturated heterocycles. The van der Waals surface area contributed by atoms with Crippen LogP contribution in [0.15, 0.2) is 67.3 Å². The molecule has 2 N–H and O–H groups in total. The summed E-state index contributed by atoms with van der Waals surface area (Å²) in [5.41, 5.74) is 8.96. The number of nitrogens with two attached hydrogens (primary N) is 1. The van der Waals surface area contributed by atoms with Gasteiger partial charge in [0, 0.05) is 23.3 Å². The molecule has 6 nitrogen and oxygen atoms in total. The van der Waals surface area contributed by atoms with E-state index in [1.807, 2.05) is 37.3 Å². The van der Waals surface area contributed by atoms with E-state index in [0.29, 0.717) is 39.8 Å². The minimum atomic E-state index is -4.39. The summed E-state index contributed by atoms with van der Waals surface area (Å²) in [5.74, 6) is 0.313. The molecule has 4 rings (SSSR count). The number of alkyl halides is 3. The largest absolute Gasteiger partial charge is 0.416 e. The molecule has 34 heavy (non-hydrogen) atoms. The first-order valence-corrected chi connectivity index (χ1v) is 10.7. The van der Waals surface area contributed by atoms with Crippen LogP contribution in [0.5, 0.6) is 0 Å². The van der Waals surface area contributed by atoms with Gasteiger partial charge in [0.05, 0.1) is 29.1 Å². The van der Waals surface area contributed by atoms with Crippen LogP contribution < -0.4 is 5.73 Å². The van der Waals surface area contributed by atoms with Crippen molar-refractivity contribution in [1.82, 2.24) is 24.6 Å². The van der Waals surface area contributed by atoms with Crippen LogP contribution in [0.4, 0.5) is 19.0 Å². The summed E-state index contributed by atoms with van der Waals surface area (Å²) in [7, 11) is 3.79. The molecule has 0 saturated carbocycles. The van der Waals surface area contributed by atoms with Gasteiger partial charge in [-0.2, -0.15) is 18.3 Å². The lowest BCUT2D eigenvalue weighted by Gasteiger charge is -2.22. The van der Waals surface area contributed by atoms with Gasteiger partial charge >= 0.3 is 6.18 Å². The standard InChI is InChI=1S/C24H22ClF3N6/c1-33(2)13-20(15-3-7-18(8-4-15)24(26,27)28)34-12-17(11-32-34)22-21(23(29)31-14-30-22)16-5-9-19(25)10-6-16/h3-12,14,20H,13H2,1-2H3,(H2,29,30,31). The second-order valence-electron chi connectivity index (χ2n) is 8.10. The van der Waals surface area contributed by atoms with E-state index in [1.54, 1.807) is 23.0 Å². The number of aromatic nitrogens is 4. The monoisotopic (exact) mass is 486 g/mol. The number of likely N-dealkylation sites (N-methyl/N-ethyl adjacent to an activating group) is 1. The van der Waals surface area contributed by atoms with Crippen LogP contribution in [-0.4, -0.2) is 45.3 Å². The summed E-state index contributed by atoms with van der Waals surface area (Å²) in [6.07, 6.45) is 0.467. The van der Waals surface area contributed by atoms with Crippen LogP contribution in [-0.2, 0) is 6.18 Å². The second kappa shape index (κ2) is 9.44. The van der Waals surface area contributed by atoms with Gasteiger partial charge in [-0.25, -0.2) is 9.97 Å². The Kier molecular flexibility index (Phi) is 6.58. The Morgan fingerprint density at radius 2 is 1.68 bits per heavy atom. The fraction of sp³-hybridized carbons (Fsp3) is 0.208. The number of benzene rings is 2. The molecule has 176 valence electrons. The van der Waals surface area contributed by atoms with Crippen LogP contribution in [0.1, 0.15) is 17.2 Å². The highest BCUT2D eigenvalue weighted by atomic mass is 35.5. The third-order valence-corrected chi connectivity index (χ3v) is 5.62. The Morgan fingerprint density at radius 1 is 1.00 bits per heavy atom. The van der Waals surface area contributed by atoms with Crippen LogP contribution >= 0.6 is 11.6 Å². The summed E-state index contributed by atoms with van der Waals surface area (Å²) < 4.78 is 40.8. The van der Waals surface area contributed by atoms with Crippen molar-refractivity contribution in [3.8, 4) is 22.4 Å². The lowest BCUT2D eigenvalue weighted by molar-refractivity contribution is -0.137. The molecule has 4 aromatic rings. The summed E-state index contributed by atoms with van der Waals surface area (Å²) in [4.78, 5) is 10.5. The van der Waals surface area contributed by atoms with Crippen LogP contribution in [0.25, 0.3) is 22.4 Å². The van der Waals surface area contributed by atoms with E-state index in [4.69, 9.17) is 17.3 Å². The van der Waals surface area contributed by atoms with E-state index >= 15 is 0 Å². The Balaban J connectivity index is 1.74. The molecule has 2 aromatic carbocycles. The Labute approximate surface area is 199 Å². The highest BCUT2D eigenvalue weighted by Gasteiger charge is 2.30. The van der Waals surface area contributed by atoms with Crippen molar-refractivity contribution in [1.29, 1.82) is 0 Å². The molecule has 0 bridgehead atoms. The molecule has 0 aliphatic rings. The fourth-order valence-electron chi connectivity index (χ4n) is 3.73. The minimum Gasteiger partial charge on any atom is -0.383 e. The van der Waals surface area contributed by atoms with Gasteiger partial charge < -0.3 is 10.6 Å². The molecule has 2 aromatic heterocycles. The summed E-state index contributed by atoms with van der Waals surface area (Å²) in [6, 6.07) is 12.0. The second-order valence-corrected chi connectivity index (χ2v) is 8.53. The lowest BCUT2D eigenvalue weighted by atomic mass is 10.0. The van der Waals surface area contributed by atoms with Crippen LogP contribution in [0, 0.1) is 0 Å². The molecule has 0 spiro atoms. The van der Waals surface area contributed by atoms with E-state index in [1.165, 1.54) is 18.5 Å². The maximum atomic E-state index is 13.0. The first-order chi connectivity index (χ1) is 16.1. The molecule has 0 aliphatic heterocycles. The van der Waals surface area contributed by atoms with E-state index in [2.05, 4.69) is 15.1 Å². The van der Waals surface area contributed by atoms with Crippen molar-refractivity contribution < 1.29 is 13.2 Å². The minimum absolute atomic E-state index is 0.313. The average Bonchev–Trinajstić information content (AvgIpc) is 3.27. The predicted octanol–water partition coefficient (Wildman–Crippen LogP) is 5.41. The average molecular weight is 487 g/mol. The Hall–Kier alpha value is -3.43. The summed E-state index contributed by atoms with van der Waals surface area (Å²) in [6.45, 7) is 0.530. The maximum Gasteiger partial charge on any atom is 0.416 e.